The number of fused-ring (bicyclic) bond motifs is 1. The molecule has 1 fully saturated rings. The van der Waals surface area contributed by atoms with Crippen molar-refractivity contribution in [1.82, 2.24) is 15.5 Å². The van der Waals surface area contributed by atoms with Crippen LogP contribution < -0.4 is 10.6 Å². The summed E-state index contributed by atoms with van der Waals surface area (Å²) >= 11 is 1.86. The molecule has 3 rings (SSSR count). The monoisotopic (exact) mass is 409 g/mol. The van der Waals surface area contributed by atoms with Gasteiger partial charge in [-0.05, 0) is 49.4 Å². The largest absolute Gasteiger partial charge is 0.384 e. The summed E-state index contributed by atoms with van der Waals surface area (Å²) in [5.74, 6) is 0.161. The van der Waals surface area contributed by atoms with Crippen LogP contribution in [0.4, 0.5) is 0 Å². The second-order valence-electron chi connectivity index (χ2n) is 6.61. The Bertz CT molecular complexity index is 530. The Kier molecular flexibility index (Phi) is 9.70. The van der Waals surface area contributed by atoms with Gasteiger partial charge in [0.1, 0.15) is 0 Å². The lowest BCUT2D eigenvalue weighted by Crippen LogP contribution is -2.51. The van der Waals surface area contributed by atoms with Crippen molar-refractivity contribution in [3.8, 4) is 0 Å². The van der Waals surface area contributed by atoms with Gasteiger partial charge < -0.3 is 15.4 Å². The summed E-state index contributed by atoms with van der Waals surface area (Å²) in [7, 11) is 1.68. The minimum atomic E-state index is -0.345. The zero-order chi connectivity index (χ0) is 16.1. The molecule has 0 aromatic carbocycles. The highest BCUT2D eigenvalue weighted by atomic mass is 35.5. The summed E-state index contributed by atoms with van der Waals surface area (Å²) in [5.41, 5.74) is 1.12. The van der Waals surface area contributed by atoms with Gasteiger partial charge in [0.25, 0.3) is 0 Å². The predicted molar refractivity (Wildman–Crippen MR) is 107 cm³/mol. The molecule has 0 aliphatic carbocycles. The van der Waals surface area contributed by atoms with Gasteiger partial charge in [0.2, 0.25) is 5.91 Å². The molecule has 1 saturated heterocycles. The lowest BCUT2D eigenvalue weighted by molar-refractivity contribution is -0.136. The van der Waals surface area contributed by atoms with Gasteiger partial charge in [0, 0.05) is 38.2 Å². The number of thiophene rings is 1. The molecule has 2 N–H and O–H groups in total. The molecule has 5 nitrogen and oxygen atoms in total. The molecular formula is C17H29Cl2N3O2S. The normalized spacial score (nSPS) is 19.2. The second kappa shape index (κ2) is 10.7. The number of ether oxygens (including phenoxy) is 1. The van der Waals surface area contributed by atoms with Crippen LogP contribution in [0.15, 0.2) is 11.4 Å². The van der Waals surface area contributed by atoms with Gasteiger partial charge in [-0.2, -0.15) is 0 Å². The molecule has 25 heavy (non-hydrogen) atoms. The second-order valence-corrected chi connectivity index (χ2v) is 7.62. The van der Waals surface area contributed by atoms with Gasteiger partial charge in [0.05, 0.1) is 12.0 Å². The number of amides is 1. The summed E-state index contributed by atoms with van der Waals surface area (Å²) in [6.07, 6.45) is 2.85. The van der Waals surface area contributed by atoms with E-state index in [1.807, 2.05) is 11.3 Å². The van der Waals surface area contributed by atoms with Crippen LogP contribution >= 0.6 is 36.2 Å². The van der Waals surface area contributed by atoms with Crippen molar-refractivity contribution in [1.29, 1.82) is 0 Å². The van der Waals surface area contributed by atoms with E-state index in [1.165, 1.54) is 10.4 Å². The van der Waals surface area contributed by atoms with Gasteiger partial charge >= 0.3 is 0 Å². The zero-order valence-corrected chi connectivity index (χ0v) is 17.2. The van der Waals surface area contributed by atoms with Crippen LogP contribution in [0.3, 0.4) is 0 Å². The van der Waals surface area contributed by atoms with Crippen LogP contribution in [0.1, 0.15) is 23.3 Å². The quantitative estimate of drug-likeness (QED) is 0.754. The van der Waals surface area contributed by atoms with Crippen LogP contribution in [-0.4, -0.2) is 57.2 Å². The third-order valence-corrected chi connectivity index (χ3v) is 6.09. The Morgan fingerprint density at radius 1 is 1.40 bits per heavy atom. The number of hydrogen-bond donors (Lipinski definition) is 2. The molecule has 2 aliphatic heterocycles. The van der Waals surface area contributed by atoms with Gasteiger partial charge in [-0.15, -0.1) is 36.2 Å². The van der Waals surface area contributed by atoms with Gasteiger partial charge in [-0.25, -0.2) is 0 Å². The molecular weight excluding hydrogens is 381 g/mol. The van der Waals surface area contributed by atoms with Crippen molar-refractivity contribution < 1.29 is 9.53 Å². The number of methoxy groups -OCH3 is 1. The summed E-state index contributed by atoms with van der Waals surface area (Å²) in [6, 6.07) is 2.23. The molecule has 0 unspecified atom stereocenters. The van der Waals surface area contributed by atoms with E-state index >= 15 is 0 Å². The third-order valence-electron chi connectivity index (χ3n) is 5.06. The number of nitrogens with one attached hydrogen (secondary N) is 2. The van der Waals surface area contributed by atoms with E-state index in [9.17, 15) is 4.79 Å². The van der Waals surface area contributed by atoms with E-state index in [2.05, 4.69) is 27.0 Å². The van der Waals surface area contributed by atoms with Crippen molar-refractivity contribution in [2.24, 2.45) is 5.41 Å². The third kappa shape index (κ3) is 5.55. The molecule has 1 aromatic rings. The van der Waals surface area contributed by atoms with E-state index in [1.54, 1.807) is 7.11 Å². The Labute approximate surface area is 166 Å². The molecule has 2 aliphatic rings. The van der Waals surface area contributed by atoms with E-state index in [0.29, 0.717) is 6.61 Å². The van der Waals surface area contributed by atoms with E-state index in [-0.39, 0.29) is 36.1 Å². The lowest BCUT2D eigenvalue weighted by Gasteiger charge is -2.36. The average molecular weight is 410 g/mol. The molecule has 1 aromatic heterocycles. The fraction of sp³-hybridized carbons (Fsp3) is 0.706. The summed E-state index contributed by atoms with van der Waals surface area (Å²) < 4.78 is 5.33. The maximum Gasteiger partial charge on any atom is 0.228 e. The van der Waals surface area contributed by atoms with Gasteiger partial charge in [0.15, 0.2) is 0 Å². The van der Waals surface area contributed by atoms with Gasteiger partial charge in [-0.3, -0.25) is 9.69 Å². The molecule has 0 atom stereocenters. The van der Waals surface area contributed by atoms with Crippen molar-refractivity contribution in [3.05, 3.63) is 21.9 Å². The predicted octanol–water partition coefficient (Wildman–Crippen LogP) is 2.08. The zero-order valence-electron chi connectivity index (χ0n) is 14.7. The number of halogens is 2. The molecule has 0 saturated carbocycles. The molecule has 8 heteroatoms. The SMILES string of the molecule is COCC1(C(=O)NCCN2CCc3sccc3C2)CCNCC1.Cl.Cl. The maximum absolute atomic E-state index is 12.7. The summed E-state index contributed by atoms with van der Waals surface area (Å²) in [6.45, 7) is 6.05. The number of piperidine rings is 1. The first-order valence-corrected chi connectivity index (χ1v) is 9.37. The molecule has 144 valence electrons. The highest BCUT2D eigenvalue weighted by molar-refractivity contribution is 7.10. The van der Waals surface area contributed by atoms with Crippen molar-refractivity contribution in [2.75, 3.05) is 46.4 Å². The van der Waals surface area contributed by atoms with Crippen LogP contribution in [-0.2, 0) is 22.5 Å². The van der Waals surface area contributed by atoms with Crippen molar-refractivity contribution in [2.45, 2.75) is 25.8 Å². The molecule has 1 amide bonds. The maximum atomic E-state index is 12.7. The van der Waals surface area contributed by atoms with Crippen molar-refractivity contribution in [3.63, 3.8) is 0 Å². The fourth-order valence-electron chi connectivity index (χ4n) is 3.63. The smallest absolute Gasteiger partial charge is 0.228 e. The fourth-order valence-corrected chi connectivity index (χ4v) is 4.52. The van der Waals surface area contributed by atoms with E-state index < -0.39 is 0 Å². The van der Waals surface area contributed by atoms with Gasteiger partial charge in [-0.1, -0.05) is 0 Å². The van der Waals surface area contributed by atoms with Crippen LogP contribution in [0.2, 0.25) is 0 Å². The first-order valence-electron chi connectivity index (χ1n) is 8.49. The number of carbonyl (C=O) groups is 1. The first kappa shape index (κ1) is 22.7. The number of carbonyl (C=O) groups excluding carboxylic acids is 1. The van der Waals surface area contributed by atoms with Crippen LogP contribution in [0.5, 0.6) is 0 Å². The summed E-state index contributed by atoms with van der Waals surface area (Å²) in [4.78, 5) is 16.6. The Morgan fingerprint density at radius 2 is 2.16 bits per heavy atom. The minimum absolute atomic E-state index is 0. The number of hydrogen-bond acceptors (Lipinski definition) is 5. The molecule has 3 heterocycles. The highest BCUT2D eigenvalue weighted by Gasteiger charge is 2.39. The number of nitrogens with zero attached hydrogens (tertiary/aromatic N) is 1. The van der Waals surface area contributed by atoms with Crippen molar-refractivity contribution >= 4 is 42.1 Å². The summed E-state index contributed by atoms with van der Waals surface area (Å²) in [5, 5.41) is 8.66. The van der Waals surface area contributed by atoms with Crippen LogP contribution in [0.25, 0.3) is 0 Å². The standard InChI is InChI=1S/C17H27N3O2S.2ClH/c1-22-13-17(4-6-18-7-5-17)16(21)19-8-10-20-9-2-15-14(12-20)3-11-23-15;;/h3,11,18H,2,4-10,12-13H2,1H3,(H,19,21);2*1H. The first-order chi connectivity index (χ1) is 11.2. The Balaban J connectivity index is 0.00000156. The average Bonchev–Trinajstić information content (AvgIpc) is 3.03. The highest BCUT2D eigenvalue weighted by Crippen LogP contribution is 2.29. The number of rotatable bonds is 6. The van der Waals surface area contributed by atoms with E-state index in [0.717, 1.165) is 58.5 Å². The topological polar surface area (TPSA) is 53.6 Å². The molecule has 0 radical (unpaired) electrons. The Morgan fingerprint density at radius 3 is 2.88 bits per heavy atom. The molecule has 0 bridgehead atoms. The van der Waals surface area contributed by atoms with Crippen LogP contribution in [0, 0.1) is 5.41 Å². The van der Waals surface area contributed by atoms with E-state index in [4.69, 9.17) is 4.74 Å². The lowest BCUT2D eigenvalue weighted by atomic mass is 9.78. The minimum Gasteiger partial charge on any atom is -0.384 e. The Hall–Kier alpha value is -0.370. The molecule has 0 spiro atoms.